The van der Waals surface area contributed by atoms with Crippen LogP contribution in [0, 0.1) is 80.8 Å². The van der Waals surface area contributed by atoms with Gasteiger partial charge in [-0.05, 0) is 180 Å². The van der Waals surface area contributed by atoms with Crippen LogP contribution in [-0.2, 0) is 33.3 Å². The quantitative estimate of drug-likeness (QED) is 0.0967. The molecular formula is C51H88O9. The first kappa shape index (κ1) is 48.2. The number of carbonyl (C=O) groups is 2. The van der Waals surface area contributed by atoms with Crippen LogP contribution in [0.2, 0.25) is 0 Å². The molecule has 6 saturated carbocycles. The summed E-state index contributed by atoms with van der Waals surface area (Å²) in [5.74, 6) is 6.54. The van der Waals surface area contributed by atoms with Crippen molar-refractivity contribution in [1.82, 2.24) is 0 Å². The molecule has 6 rings (SSSR count). The second kappa shape index (κ2) is 20.7. The minimum Gasteiger partial charge on any atom is -0.462 e. The molecule has 2 N–H and O–H groups in total. The maximum atomic E-state index is 13.7. The smallest absolute Gasteiger partial charge is 0.312 e. The second-order valence-electron chi connectivity index (χ2n) is 22.8. The highest BCUT2D eigenvalue weighted by molar-refractivity contribution is 5.77. The van der Waals surface area contributed by atoms with Crippen molar-refractivity contribution in [2.75, 3.05) is 52.9 Å². The molecule has 14 unspecified atom stereocenters. The maximum absolute atomic E-state index is 13.7. The molecule has 0 saturated heterocycles. The van der Waals surface area contributed by atoms with Gasteiger partial charge in [0, 0.05) is 13.2 Å². The topological polar surface area (TPSA) is 121 Å². The molecule has 0 aromatic rings. The Bertz CT molecular complexity index is 1280. The fourth-order valence-corrected chi connectivity index (χ4v) is 15.1. The van der Waals surface area contributed by atoms with Crippen molar-refractivity contribution in [3.8, 4) is 0 Å². The number of fused-ring (bicyclic) bond motifs is 6. The number of hydrogen-bond donors (Lipinski definition) is 2. The SMILES string of the molecule is CC(C)C1CCC2C(CCC3C(C)(C(=O)OCC(O)COCCCOCCOCC(O)COC(=O)C4(C)CCCC5(C)C6CCC(C(C)C)CC6CCC45)CCCC23C)C1. The summed E-state index contributed by atoms with van der Waals surface area (Å²) in [6.07, 6.45) is 17.8. The minimum atomic E-state index is -0.881. The van der Waals surface area contributed by atoms with E-state index in [1.54, 1.807) is 0 Å². The van der Waals surface area contributed by atoms with Crippen molar-refractivity contribution in [2.24, 2.45) is 80.8 Å². The zero-order chi connectivity index (χ0) is 43.3. The second-order valence-corrected chi connectivity index (χ2v) is 22.8. The summed E-state index contributed by atoms with van der Waals surface area (Å²) in [6.45, 7) is 20.4. The van der Waals surface area contributed by atoms with E-state index in [1.807, 2.05) is 0 Å². The molecule has 6 aliphatic carbocycles. The molecule has 60 heavy (non-hydrogen) atoms. The summed E-state index contributed by atoms with van der Waals surface area (Å²) in [7, 11) is 0. The Balaban J connectivity index is 0.798. The molecule has 0 aromatic carbocycles. The third kappa shape index (κ3) is 10.5. The summed E-state index contributed by atoms with van der Waals surface area (Å²) in [5, 5.41) is 21.2. The minimum absolute atomic E-state index is 0.0437. The van der Waals surface area contributed by atoms with Gasteiger partial charge in [0.25, 0.3) is 0 Å². The van der Waals surface area contributed by atoms with Crippen molar-refractivity contribution < 1.29 is 43.5 Å². The summed E-state index contributed by atoms with van der Waals surface area (Å²) < 4.78 is 28.7. The Morgan fingerprint density at radius 3 is 1.40 bits per heavy atom. The van der Waals surface area contributed by atoms with Gasteiger partial charge in [0.15, 0.2) is 0 Å². The molecule has 6 aliphatic rings. The molecule has 346 valence electrons. The third-order valence-electron chi connectivity index (χ3n) is 18.5. The molecular weight excluding hydrogens is 757 g/mol. The molecule has 14 atom stereocenters. The van der Waals surface area contributed by atoms with Crippen LogP contribution >= 0.6 is 0 Å². The maximum Gasteiger partial charge on any atom is 0.312 e. The highest BCUT2D eigenvalue weighted by Crippen LogP contribution is 2.66. The molecule has 0 aromatic heterocycles. The Morgan fingerprint density at radius 1 is 0.533 bits per heavy atom. The highest BCUT2D eigenvalue weighted by Gasteiger charge is 2.61. The van der Waals surface area contributed by atoms with Crippen LogP contribution in [0.25, 0.3) is 0 Å². The van der Waals surface area contributed by atoms with Gasteiger partial charge in [-0.2, -0.15) is 0 Å². The lowest BCUT2D eigenvalue weighted by Gasteiger charge is -2.61. The average molecular weight is 845 g/mol. The Labute approximate surface area is 364 Å². The average Bonchev–Trinajstić information content (AvgIpc) is 3.21. The van der Waals surface area contributed by atoms with Crippen LogP contribution in [0.5, 0.6) is 0 Å². The molecule has 0 spiro atoms. The van der Waals surface area contributed by atoms with Crippen molar-refractivity contribution in [3.63, 3.8) is 0 Å². The first-order chi connectivity index (χ1) is 28.5. The van der Waals surface area contributed by atoms with E-state index in [9.17, 15) is 19.8 Å². The van der Waals surface area contributed by atoms with E-state index in [4.69, 9.17) is 23.7 Å². The van der Waals surface area contributed by atoms with Crippen LogP contribution < -0.4 is 0 Å². The largest absolute Gasteiger partial charge is 0.462 e. The molecule has 0 heterocycles. The van der Waals surface area contributed by atoms with E-state index < -0.39 is 23.0 Å². The van der Waals surface area contributed by atoms with E-state index in [0.29, 0.717) is 56.5 Å². The third-order valence-corrected chi connectivity index (χ3v) is 18.5. The molecule has 0 aliphatic heterocycles. The van der Waals surface area contributed by atoms with E-state index in [2.05, 4.69) is 55.4 Å². The van der Waals surface area contributed by atoms with Gasteiger partial charge in [-0.15, -0.1) is 0 Å². The lowest BCUT2D eigenvalue weighted by Crippen LogP contribution is -2.56. The first-order valence-corrected chi connectivity index (χ1v) is 25.0. The normalized spacial score (nSPS) is 40.1. The van der Waals surface area contributed by atoms with Crippen molar-refractivity contribution in [3.05, 3.63) is 0 Å². The van der Waals surface area contributed by atoms with Gasteiger partial charge in [0.05, 0.1) is 37.3 Å². The highest BCUT2D eigenvalue weighted by atomic mass is 16.6. The number of aliphatic hydroxyl groups excluding tert-OH is 2. The summed E-state index contributed by atoms with van der Waals surface area (Å²) in [4.78, 5) is 27.4. The van der Waals surface area contributed by atoms with Gasteiger partial charge in [-0.3, -0.25) is 9.59 Å². The molecule has 9 nitrogen and oxygen atoms in total. The van der Waals surface area contributed by atoms with Crippen LogP contribution in [0.4, 0.5) is 0 Å². The number of esters is 2. The summed E-state index contributed by atoms with van der Waals surface area (Å²) >= 11 is 0. The van der Waals surface area contributed by atoms with E-state index >= 15 is 0 Å². The number of hydrogen-bond acceptors (Lipinski definition) is 9. The Hall–Kier alpha value is -1.26. The number of carbonyl (C=O) groups excluding carboxylic acids is 2. The lowest BCUT2D eigenvalue weighted by molar-refractivity contribution is -0.182. The van der Waals surface area contributed by atoms with E-state index in [1.165, 1.54) is 64.2 Å². The monoisotopic (exact) mass is 845 g/mol. The summed E-state index contributed by atoms with van der Waals surface area (Å²) in [5.41, 5.74) is -0.629. The number of rotatable bonds is 19. The van der Waals surface area contributed by atoms with E-state index in [0.717, 1.165) is 74.0 Å². The Kier molecular flexibility index (Phi) is 16.6. The molecule has 0 radical (unpaired) electrons. The van der Waals surface area contributed by atoms with Gasteiger partial charge in [0.1, 0.15) is 25.4 Å². The summed E-state index contributed by atoms with van der Waals surface area (Å²) in [6, 6.07) is 0. The van der Waals surface area contributed by atoms with Crippen molar-refractivity contribution >= 4 is 11.9 Å². The zero-order valence-corrected chi connectivity index (χ0v) is 39.4. The molecule has 6 fully saturated rings. The van der Waals surface area contributed by atoms with Crippen LogP contribution in [0.3, 0.4) is 0 Å². The fourth-order valence-electron chi connectivity index (χ4n) is 15.1. The predicted octanol–water partition coefficient (Wildman–Crippen LogP) is 9.82. The van der Waals surface area contributed by atoms with Crippen LogP contribution in [0.1, 0.15) is 165 Å². The van der Waals surface area contributed by atoms with Crippen LogP contribution in [0.15, 0.2) is 0 Å². The van der Waals surface area contributed by atoms with Crippen LogP contribution in [-0.4, -0.2) is 87.2 Å². The van der Waals surface area contributed by atoms with Gasteiger partial charge in [0.2, 0.25) is 0 Å². The first-order valence-electron chi connectivity index (χ1n) is 25.0. The standard InChI is InChI=1S/C51H88O9/c1-34(2)36-12-16-42-38(28-36)14-18-44-48(42,5)20-9-22-50(44,7)46(54)59-32-40(52)30-57-25-11-24-56-26-27-58-31-41(53)33-60-47(55)51(8)23-10-21-49(6)43-17-13-37(35(3)4)29-39(43)15-19-45(49)51/h34-45,52-53H,9-33H2,1-8H3. The van der Waals surface area contributed by atoms with Gasteiger partial charge >= 0.3 is 11.9 Å². The number of ether oxygens (including phenoxy) is 5. The fraction of sp³-hybridized carbons (Fsp3) is 0.961. The van der Waals surface area contributed by atoms with Gasteiger partial charge < -0.3 is 33.9 Å². The lowest BCUT2D eigenvalue weighted by atomic mass is 9.43. The van der Waals surface area contributed by atoms with E-state index in [-0.39, 0.29) is 49.2 Å². The number of aliphatic hydroxyl groups is 2. The molecule has 9 heteroatoms. The Morgan fingerprint density at radius 2 is 0.950 bits per heavy atom. The predicted molar refractivity (Wildman–Crippen MR) is 235 cm³/mol. The molecule has 0 amide bonds. The van der Waals surface area contributed by atoms with Crippen molar-refractivity contribution in [2.45, 2.75) is 177 Å². The zero-order valence-electron chi connectivity index (χ0n) is 39.4. The van der Waals surface area contributed by atoms with Crippen molar-refractivity contribution in [1.29, 1.82) is 0 Å². The van der Waals surface area contributed by atoms with Gasteiger partial charge in [-0.25, -0.2) is 0 Å². The molecule has 0 bridgehead atoms. The van der Waals surface area contributed by atoms with Gasteiger partial charge in [-0.1, -0.05) is 54.4 Å².